The summed E-state index contributed by atoms with van der Waals surface area (Å²) < 4.78 is 89.7. The van der Waals surface area contributed by atoms with E-state index in [9.17, 15) is 31.1 Å². The molecule has 10 heteroatoms. The van der Waals surface area contributed by atoms with Crippen LogP contribution in [0, 0.1) is 5.41 Å². The van der Waals surface area contributed by atoms with E-state index in [-0.39, 0.29) is 12.8 Å². The van der Waals surface area contributed by atoms with E-state index in [0.717, 1.165) is 6.42 Å². The lowest BCUT2D eigenvalue weighted by atomic mass is 9.85. The molecule has 1 fully saturated rings. The van der Waals surface area contributed by atoms with Crippen molar-refractivity contribution in [1.82, 2.24) is 4.90 Å². The van der Waals surface area contributed by atoms with E-state index in [4.69, 9.17) is 9.47 Å². The van der Waals surface area contributed by atoms with Crippen molar-refractivity contribution >= 4 is 5.91 Å². The van der Waals surface area contributed by atoms with E-state index in [1.54, 1.807) is 18.2 Å². The van der Waals surface area contributed by atoms with Gasteiger partial charge in [0.1, 0.15) is 0 Å². The van der Waals surface area contributed by atoms with Crippen LogP contribution in [0.1, 0.15) is 24.8 Å². The van der Waals surface area contributed by atoms with Gasteiger partial charge in [0.25, 0.3) is 0 Å². The molecule has 0 N–H and O–H groups in total. The first-order valence-electron chi connectivity index (χ1n) is 8.83. The maximum absolute atomic E-state index is 13.1. The normalized spacial score (nSPS) is 19.4. The zero-order valence-electron chi connectivity index (χ0n) is 14.8. The Morgan fingerprint density at radius 2 is 1.68 bits per heavy atom. The third-order valence-corrected chi connectivity index (χ3v) is 5.15. The quantitative estimate of drug-likeness (QED) is 0.703. The number of carbonyl (C=O) groups is 1. The Labute approximate surface area is 157 Å². The second-order valence-electron chi connectivity index (χ2n) is 6.97. The SMILES string of the molecule is O=C(CCc1ccc2c(c1)OCCCO2)N1CCC(C(F)(F)F)(C(F)(F)F)C1. The number of nitrogens with zero attached hydrogens (tertiary/aromatic N) is 1. The molecule has 1 saturated heterocycles. The first-order chi connectivity index (χ1) is 13.0. The highest BCUT2D eigenvalue weighted by Crippen LogP contribution is 2.55. The summed E-state index contributed by atoms with van der Waals surface area (Å²) >= 11 is 0. The first kappa shape index (κ1) is 20.6. The fourth-order valence-electron chi connectivity index (χ4n) is 3.42. The molecule has 2 aliphatic heterocycles. The van der Waals surface area contributed by atoms with E-state index < -0.39 is 43.2 Å². The van der Waals surface area contributed by atoms with Crippen molar-refractivity contribution in [3.63, 3.8) is 0 Å². The van der Waals surface area contributed by atoms with Gasteiger partial charge in [0.15, 0.2) is 16.9 Å². The molecule has 2 heterocycles. The van der Waals surface area contributed by atoms with E-state index in [1.165, 1.54) is 0 Å². The summed E-state index contributed by atoms with van der Waals surface area (Å²) in [4.78, 5) is 12.9. The van der Waals surface area contributed by atoms with Gasteiger partial charge in [-0.25, -0.2) is 0 Å². The van der Waals surface area contributed by atoms with Gasteiger partial charge in [-0.05, 0) is 30.5 Å². The minimum Gasteiger partial charge on any atom is -0.490 e. The zero-order chi connectivity index (χ0) is 20.6. The molecule has 0 unspecified atom stereocenters. The molecule has 1 aromatic carbocycles. The zero-order valence-corrected chi connectivity index (χ0v) is 14.8. The summed E-state index contributed by atoms with van der Waals surface area (Å²) in [6.07, 6.45) is -11.4. The Morgan fingerprint density at radius 1 is 1.04 bits per heavy atom. The maximum atomic E-state index is 13.1. The molecule has 0 spiro atoms. The molecule has 0 saturated carbocycles. The second kappa shape index (κ2) is 7.36. The molecule has 0 bridgehead atoms. The summed E-state index contributed by atoms with van der Waals surface area (Å²) in [6.45, 7) is -0.973. The molecule has 1 aromatic rings. The Hall–Kier alpha value is -2.13. The number of ether oxygens (including phenoxy) is 2. The fraction of sp³-hybridized carbons (Fsp3) is 0.611. The van der Waals surface area contributed by atoms with Gasteiger partial charge in [0.05, 0.1) is 13.2 Å². The molecule has 0 atom stereocenters. The number of amides is 1. The van der Waals surface area contributed by atoms with Gasteiger partial charge < -0.3 is 14.4 Å². The standard InChI is InChI=1S/C18H19F6NO3/c19-17(20,21)16(18(22,23)24)6-7-25(11-16)15(26)5-3-12-2-4-13-14(10-12)28-9-1-8-27-13/h2,4,10H,1,3,5-9,11H2. The summed E-state index contributed by atoms with van der Waals surface area (Å²) in [5, 5.41) is 0. The second-order valence-corrected chi connectivity index (χ2v) is 6.97. The lowest BCUT2D eigenvalue weighted by Crippen LogP contribution is -2.52. The minimum atomic E-state index is -5.46. The van der Waals surface area contributed by atoms with Crippen LogP contribution in [-0.4, -0.2) is 49.5 Å². The van der Waals surface area contributed by atoms with Gasteiger partial charge in [-0.2, -0.15) is 26.3 Å². The van der Waals surface area contributed by atoms with Gasteiger partial charge in [-0.15, -0.1) is 0 Å². The van der Waals surface area contributed by atoms with E-state index >= 15 is 0 Å². The van der Waals surface area contributed by atoms with Crippen LogP contribution in [0.5, 0.6) is 11.5 Å². The number of halogens is 6. The van der Waals surface area contributed by atoms with Gasteiger partial charge in [0.2, 0.25) is 5.91 Å². The summed E-state index contributed by atoms with van der Waals surface area (Å²) in [5.74, 6) is 0.339. The number of alkyl halides is 6. The Bertz CT molecular complexity index is 717. The molecule has 3 rings (SSSR count). The number of fused-ring (bicyclic) bond motifs is 1. The number of carbonyl (C=O) groups excluding carboxylic acids is 1. The monoisotopic (exact) mass is 411 g/mol. The number of rotatable bonds is 3. The topological polar surface area (TPSA) is 38.8 Å². The Balaban J connectivity index is 1.64. The van der Waals surface area contributed by atoms with Crippen LogP contribution in [0.25, 0.3) is 0 Å². The maximum Gasteiger partial charge on any atom is 0.404 e. The van der Waals surface area contributed by atoms with Crippen molar-refractivity contribution < 1.29 is 40.6 Å². The molecule has 0 radical (unpaired) electrons. The minimum absolute atomic E-state index is 0.178. The van der Waals surface area contributed by atoms with Gasteiger partial charge in [0, 0.05) is 25.9 Å². The van der Waals surface area contributed by atoms with Crippen molar-refractivity contribution in [3.8, 4) is 11.5 Å². The van der Waals surface area contributed by atoms with Crippen LogP contribution in [0.2, 0.25) is 0 Å². The Morgan fingerprint density at radius 3 is 2.29 bits per heavy atom. The molecule has 28 heavy (non-hydrogen) atoms. The predicted octanol–water partition coefficient (Wildman–Crippen LogP) is 4.12. The van der Waals surface area contributed by atoms with Crippen molar-refractivity contribution in [3.05, 3.63) is 23.8 Å². The van der Waals surface area contributed by atoms with Crippen LogP contribution < -0.4 is 9.47 Å². The van der Waals surface area contributed by atoms with Crippen molar-refractivity contribution in [2.24, 2.45) is 5.41 Å². The van der Waals surface area contributed by atoms with E-state index in [2.05, 4.69) is 0 Å². The smallest absolute Gasteiger partial charge is 0.404 e. The van der Waals surface area contributed by atoms with Crippen molar-refractivity contribution in [1.29, 1.82) is 0 Å². The number of hydrogen-bond acceptors (Lipinski definition) is 3. The van der Waals surface area contributed by atoms with Crippen LogP contribution in [0.15, 0.2) is 18.2 Å². The van der Waals surface area contributed by atoms with Gasteiger partial charge >= 0.3 is 12.4 Å². The first-order valence-corrected chi connectivity index (χ1v) is 8.83. The number of likely N-dealkylation sites (tertiary alicyclic amines) is 1. The molecule has 2 aliphatic rings. The highest BCUT2D eigenvalue weighted by molar-refractivity contribution is 5.77. The number of aryl methyl sites for hydroxylation is 1. The summed E-state index contributed by atoms with van der Waals surface area (Å²) in [7, 11) is 0. The molecule has 0 aromatic heterocycles. The predicted molar refractivity (Wildman–Crippen MR) is 86.1 cm³/mol. The van der Waals surface area contributed by atoms with Crippen LogP contribution in [0.3, 0.4) is 0 Å². The molecule has 0 aliphatic carbocycles. The highest BCUT2D eigenvalue weighted by atomic mass is 19.4. The third kappa shape index (κ3) is 3.86. The Kier molecular flexibility index (Phi) is 5.42. The number of hydrogen-bond donors (Lipinski definition) is 0. The highest BCUT2D eigenvalue weighted by Gasteiger charge is 2.72. The summed E-state index contributed by atoms with van der Waals surface area (Å²) in [5.41, 5.74) is -3.17. The van der Waals surface area contributed by atoms with Crippen molar-refractivity contribution in [2.75, 3.05) is 26.3 Å². The third-order valence-electron chi connectivity index (χ3n) is 5.15. The fourth-order valence-corrected chi connectivity index (χ4v) is 3.42. The average Bonchev–Trinajstić information content (AvgIpc) is 2.96. The largest absolute Gasteiger partial charge is 0.490 e. The average molecular weight is 411 g/mol. The molecule has 156 valence electrons. The molecular formula is C18H19F6NO3. The number of benzene rings is 1. The molecular weight excluding hydrogens is 392 g/mol. The molecule has 4 nitrogen and oxygen atoms in total. The van der Waals surface area contributed by atoms with Crippen molar-refractivity contribution in [2.45, 2.75) is 38.0 Å². The lowest BCUT2D eigenvalue weighted by molar-refractivity contribution is -0.334. The van der Waals surface area contributed by atoms with Crippen LogP contribution in [-0.2, 0) is 11.2 Å². The van der Waals surface area contributed by atoms with Crippen LogP contribution >= 0.6 is 0 Å². The van der Waals surface area contributed by atoms with E-state index in [0.29, 0.717) is 35.2 Å². The van der Waals surface area contributed by atoms with Gasteiger partial charge in [-0.1, -0.05) is 6.07 Å². The lowest BCUT2D eigenvalue weighted by Gasteiger charge is -2.33. The molecule has 1 amide bonds. The van der Waals surface area contributed by atoms with E-state index in [1.807, 2.05) is 0 Å². The van der Waals surface area contributed by atoms with Gasteiger partial charge in [-0.3, -0.25) is 4.79 Å². The summed E-state index contributed by atoms with van der Waals surface area (Å²) in [6, 6.07) is 5.04. The van der Waals surface area contributed by atoms with Crippen LogP contribution in [0.4, 0.5) is 26.3 Å².